The van der Waals surface area contributed by atoms with Crippen LogP contribution in [0.2, 0.25) is 10.0 Å². The van der Waals surface area contributed by atoms with Gasteiger partial charge in [-0.25, -0.2) is 4.79 Å². The molecule has 0 bridgehead atoms. The van der Waals surface area contributed by atoms with Crippen LogP contribution in [0.25, 0.3) is 28.2 Å². The molecule has 0 atom stereocenters. The van der Waals surface area contributed by atoms with Gasteiger partial charge in [0.05, 0.1) is 35.2 Å². The zero-order valence-electron chi connectivity index (χ0n) is 19.7. The SMILES string of the molecule is COc1ccc(-c2c(C(F)(F)F)oc3cc(OC(=O)/C=C/c4ccc(Cl)c(Cl)c4)ccc3c2=O)cc1OC. The molecule has 38 heavy (non-hydrogen) atoms. The molecule has 0 amide bonds. The summed E-state index contributed by atoms with van der Waals surface area (Å²) >= 11 is 11.8. The second-order valence-corrected chi connectivity index (χ2v) is 8.60. The second-order valence-electron chi connectivity index (χ2n) is 7.79. The summed E-state index contributed by atoms with van der Waals surface area (Å²) in [5.74, 6) is -2.05. The molecule has 4 aromatic rings. The number of esters is 1. The summed E-state index contributed by atoms with van der Waals surface area (Å²) in [4.78, 5) is 25.5. The molecule has 0 spiro atoms. The van der Waals surface area contributed by atoms with Gasteiger partial charge in [-0.2, -0.15) is 13.2 Å². The highest BCUT2D eigenvalue weighted by Crippen LogP contribution is 2.40. The Morgan fingerprint density at radius 2 is 1.66 bits per heavy atom. The van der Waals surface area contributed by atoms with Gasteiger partial charge in [0.2, 0.25) is 11.2 Å². The lowest BCUT2D eigenvalue weighted by molar-refractivity contribution is -0.152. The van der Waals surface area contributed by atoms with Crippen molar-refractivity contribution < 1.29 is 36.6 Å². The molecule has 0 fully saturated rings. The van der Waals surface area contributed by atoms with E-state index in [1.54, 1.807) is 12.1 Å². The van der Waals surface area contributed by atoms with Gasteiger partial charge < -0.3 is 18.6 Å². The summed E-state index contributed by atoms with van der Waals surface area (Å²) in [7, 11) is 2.69. The van der Waals surface area contributed by atoms with Crippen molar-refractivity contribution in [1.29, 1.82) is 0 Å². The summed E-state index contributed by atoms with van der Waals surface area (Å²) in [6.07, 6.45) is -2.49. The maximum atomic E-state index is 14.0. The Labute approximate surface area is 223 Å². The third-order valence-corrected chi connectivity index (χ3v) is 6.11. The minimum Gasteiger partial charge on any atom is -0.493 e. The molecule has 0 saturated heterocycles. The molecule has 0 saturated carbocycles. The van der Waals surface area contributed by atoms with Crippen molar-refractivity contribution in [1.82, 2.24) is 0 Å². The number of benzene rings is 3. The molecule has 0 aliphatic heterocycles. The molecule has 0 aliphatic carbocycles. The van der Waals surface area contributed by atoms with E-state index in [-0.39, 0.29) is 28.2 Å². The summed E-state index contributed by atoms with van der Waals surface area (Å²) in [5.41, 5.74) is -1.54. The summed E-state index contributed by atoms with van der Waals surface area (Å²) < 4.78 is 62.6. The maximum Gasteiger partial charge on any atom is 0.450 e. The molecule has 0 unspecified atom stereocenters. The van der Waals surface area contributed by atoms with Crippen molar-refractivity contribution in [2.45, 2.75) is 6.18 Å². The molecular weight excluding hydrogens is 548 g/mol. The average molecular weight is 565 g/mol. The van der Waals surface area contributed by atoms with Crippen molar-refractivity contribution >= 4 is 46.2 Å². The number of ether oxygens (including phenoxy) is 3. The van der Waals surface area contributed by atoms with Crippen LogP contribution in [0.4, 0.5) is 13.2 Å². The molecule has 11 heteroatoms. The van der Waals surface area contributed by atoms with Gasteiger partial charge in [-0.05, 0) is 53.6 Å². The third kappa shape index (κ3) is 5.64. The molecule has 196 valence electrons. The fourth-order valence-corrected chi connectivity index (χ4v) is 3.93. The topological polar surface area (TPSA) is 75.0 Å². The van der Waals surface area contributed by atoms with Crippen LogP contribution in [0.15, 0.2) is 69.9 Å². The Balaban J connectivity index is 1.72. The first kappa shape index (κ1) is 27.1. The smallest absolute Gasteiger partial charge is 0.450 e. The Morgan fingerprint density at radius 1 is 0.921 bits per heavy atom. The lowest BCUT2D eigenvalue weighted by Gasteiger charge is -2.14. The quantitative estimate of drug-likeness (QED) is 0.138. The van der Waals surface area contributed by atoms with Crippen molar-refractivity contribution in [2.24, 2.45) is 0 Å². The van der Waals surface area contributed by atoms with Gasteiger partial charge in [-0.1, -0.05) is 35.3 Å². The van der Waals surface area contributed by atoms with Crippen LogP contribution in [0.3, 0.4) is 0 Å². The van der Waals surface area contributed by atoms with E-state index in [1.807, 2.05) is 0 Å². The van der Waals surface area contributed by atoms with E-state index in [1.165, 1.54) is 56.7 Å². The highest BCUT2D eigenvalue weighted by atomic mass is 35.5. The van der Waals surface area contributed by atoms with Crippen LogP contribution in [0.1, 0.15) is 11.3 Å². The predicted molar refractivity (Wildman–Crippen MR) is 137 cm³/mol. The highest BCUT2D eigenvalue weighted by Gasteiger charge is 2.39. The molecular formula is C27H17Cl2F3O6. The average Bonchev–Trinajstić information content (AvgIpc) is 2.88. The second kappa shape index (κ2) is 10.8. The van der Waals surface area contributed by atoms with Crippen LogP contribution >= 0.6 is 23.2 Å². The van der Waals surface area contributed by atoms with E-state index >= 15 is 0 Å². The number of methoxy groups -OCH3 is 2. The molecule has 1 heterocycles. The monoisotopic (exact) mass is 564 g/mol. The fraction of sp³-hybridized carbons (Fsp3) is 0.111. The Kier molecular flexibility index (Phi) is 7.71. The zero-order valence-corrected chi connectivity index (χ0v) is 21.2. The van der Waals surface area contributed by atoms with Gasteiger partial charge in [0.15, 0.2) is 11.5 Å². The molecule has 0 radical (unpaired) electrons. The predicted octanol–water partition coefficient (Wildman–Crippen LogP) is 7.42. The maximum absolute atomic E-state index is 14.0. The number of hydrogen-bond donors (Lipinski definition) is 0. The molecule has 1 aromatic heterocycles. The molecule has 3 aromatic carbocycles. The van der Waals surface area contributed by atoms with Crippen LogP contribution in [-0.4, -0.2) is 20.2 Å². The highest BCUT2D eigenvalue weighted by molar-refractivity contribution is 6.42. The Morgan fingerprint density at radius 3 is 2.32 bits per heavy atom. The van der Waals surface area contributed by atoms with E-state index in [0.29, 0.717) is 15.6 Å². The zero-order chi connectivity index (χ0) is 27.6. The number of carbonyl (C=O) groups is 1. The third-order valence-electron chi connectivity index (χ3n) is 5.37. The number of rotatable bonds is 6. The normalized spacial score (nSPS) is 11.7. The van der Waals surface area contributed by atoms with E-state index in [2.05, 4.69) is 0 Å². The van der Waals surface area contributed by atoms with Gasteiger partial charge >= 0.3 is 12.1 Å². The number of halogens is 5. The molecule has 6 nitrogen and oxygen atoms in total. The summed E-state index contributed by atoms with van der Waals surface area (Å²) in [6, 6.07) is 12.2. The van der Waals surface area contributed by atoms with Crippen molar-refractivity contribution in [3.8, 4) is 28.4 Å². The van der Waals surface area contributed by atoms with E-state index < -0.39 is 34.5 Å². The number of hydrogen-bond acceptors (Lipinski definition) is 6. The van der Waals surface area contributed by atoms with Gasteiger partial charge in [-0.3, -0.25) is 4.79 Å². The van der Waals surface area contributed by atoms with Crippen molar-refractivity contribution in [3.63, 3.8) is 0 Å². The summed E-state index contributed by atoms with van der Waals surface area (Å²) in [6.45, 7) is 0. The lowest BCUT2D eigenvalue weighted by Crippen LogP contribution is -2.16. The minimum absolute atomic E-state index is 0.0754. The first-order valence-corrected chi connectivity index (χ1v) is 11.5. The molecule has 0 N–H and O–H groups in total. The molecule has 0 aliphatic rings. The fourth-order valence-electron chi connectivity index (χ4n) is 3.62. The van der Waals surface area contributed by atoms with Gasteiger partial charge in [0.25, 0.3) is 0 Å². The number of carbonyl (C=O) groups excluding carboxylic acids is 1. The Bertz CT molecular complexity index is 1630. The van der Waals surface area contributed by atoms with E-state index in [4.69, 9.17) is 41.8 Å². The van der Waals surface area contributed by atoms with E-state index in [0.717, 1.165) is 12.1 Å². The van der Waals surface area contributed by atoms with Gasteiger partial charge in [0.1, 0.15) is 11.3 Å². The van der Waals surface area contributed by atoms with E-state index in [9.17, 15) is 22.8 Å². The summed E-state index contributed by atoms with van der Waals surface area (Å²) in [5, 5.41) is 0.491. The van der Waals surface area contributed by atoms with Crippen LogP contribution < -0.4 is 19.6 Å². The first-order valence-electron chi connectivity index (χ1n) is 10.8. The minimum atomic E-state index is -5.01. The number of fused-ring (bicyclic) bond motifs is 1. The van der Waals surface area contributed by atoms with Crippen LogP contribution in [0.5, 0.6) is 17.2 Å². The molecule has 4 rings (SSSR count). The number of alkyl halides is 3. The largest absolute Gasteiger partial charge is 0.493 e. The first-order chi connectivity index (χ1) is 18.0. The standard InChI is InChI=1S/C27H17Cl2F3O6/c1-35-20-9-5-15(12-22(20)36-2)24-25(34)17-7-6-16(13-21(17)38-26(24)27(30,31)32)37-23(33)10-4-14-3-8-18(28)19(29)11-14/h3-13H,1-2H3/b10-4+. The van der Waals surface area contributed by atoms with Crippen LogP contribution in [0, 0.1) is 0 Å². The Hall–Kier alpha value is -3.95. The van der Waals surface area contributed by atoms with Crippen molar-refractivity contribution in [2.75, 3.05) is 14.2 Å². The van der Waals surface area contributed by atoms with Crippen LogP contribution in [-0.2, 0) is 11.0 Å². The van der Waals surface area contributed by atoms with Crippen molar-refractivity contribution in [3.05, 3.63) is 92.3 Å². The van der Waals surface area contributed by atoms with Gasteiger partial charge in [0, 0.05) is 12.1 Å². The van der Waals surface area contributed by atoms with Gasteiger partial charge in [-0.15, -0.1) is 0 Å². The lowest BCUT2D eigenvalue weighted by atomic mass is 10.0.